The molecule has 0 N–H and O–H groups in total. The first-order valence-corrected chi connectivity index (χ1v) is 22.3. The van der Waals surface area contributed by atoms with E-state index in [1.807, 2.05) is 123 Å². The van der Waals surface area contributed by atoms with E-state index in [2.05, 4.69) is 72.8 Å². The van der Waals surface area contributed by atoms with Crippen LogP contribution in [-0.2, 0) is 36.6 Å². The molecule has 6 aromatic carbocycles. The van der Waals surface area contributed by atoms with Crippen LogP contribution < -0.4 is 55.6 Å². The molecule has 0 aliphatic rings. The predicted octanol–water partition coefficient (Wildman–Crippen LogP) is 2.12. The molecular formula is C44H42AgClO8P2. The number of esters is 1. The third kappa shape index (κ3) is 12.9. The van der Waals surface area contributed by atoms with E-state index < -0.39 is 24.8 Å². The van der Waals surface area contributed by atoms with Gasteiger partial charge in [0, 0.05) is 7.26 Å². The van der Waals surface area contributed by atoms with Gasteiger partial charge in [-0.25, -0.2) is 18.6 Å². The first-order valence-electron chi connectivity index (χ1n) is 17.3. The van der Waals surface area contributed by atoms with Gasteiger partial charge in [0.15, 0.2) is 0 Å². The summed E-state index contributed by atoms with van der Waals surface area (Å²) in [6.45, 7) is 4.40. The minimum atomic E-state index is -4.94. The number of benzene rings is 6. The van der Waals surface area contributed by atoms with Gasteiger partial charge in [-0.15, -0.1) is 16.4 Å². The van der Waals surface area contributed by atoms with Gasteiger partial charge >= 0.3 is 22.4 Å². The zero-order chi connectivity index (χ0) is 39.6. The summed E-state index contributed by atoms with van der Waals surface area (Å²) in [5.41, 5.74) is 0. The Balaban J connectivity index is 0.000000264. The zero-order valence-electron chi connectivity index (χ0n) is 30.7. The van der Waals surface area contributed by atoms with E-state index in [1.165, 1.54) is 0 Å². The number of carbonyl (C=O) groups is 1. The van der Waals surface area contributed by atoms with Gasteiger partial charge in [0.1, 0.15) is 23.2 Å². The number of carbonyl (C=O) groups excluding carboxylic acids is 1. The molecule has 0 saturated carbocycles. The molecule has 0 atom stereocenters. The molecule has 0 fully saturated rings. The molecule has 0 heterocycles. The summed E-state index contributed by atoms with van der Waals surface area (Å²) >= 11 is 0. The third-order valence-corrected chi connectivity index (χ3v) is 16.0. The third-order valence-electron chi connectivity index (χ3n) is 8.15. The molecule has 8 nitrogen and oxygen atoms in total. The fraction of sp³-hybridized carbons (Fsp3) is 0.0909. The van der Waals surface area contributed by atoms with Crippen molar-refractivity contribution in [1.29, 1.82) is 0 Å². The Kier molecular flexibility index (Phi) is 19.0. The Morgan fingerprint density at radius 3 is 1.02 bits per heavy atom. The van der Waals surface area contributed by atoms with Crippen molar-refractivity contribution < 1.29 is 70.6 Å². The molecule has 0 saturated heterocycles. The van der Waals surface area contributed by atoms with Crippen molar-refractivity contribution >= 4 is 52.3 Å². The van der Waals surface area contributed by atoms with Crippen LogP contribution in [-0.4, -0.2) is 19.2 Å². The van der Waals surface area contributed by atoms with Crippen LogP contribution in [0.15, 0.2) is 194 Å². The van der Waals surface area contributed by atoms with E-state index >= 15 is 0 Å². The number of hydrogen-bond acceptors (Lipinski definition) is 8. The standard InChI is InChI=1S/2C22H21O2P.Ag.ClHO4/c2*1-2-24-22(23)18-25(19-12-6-3-7-13-19,20-14-8-4-9-15-20)21-16-10-5-11-17-21;;2-1(3,4)5/h2*3-18H,2H2,1H3;;(H,2,3,4,5)/q;;+1;/p-1/b22-18+;;;. The van der Waals surface area contributed by atoms with Crippen molar-refractivity contribution in [2.24, 2.45) is 0 Å². The zero-order valence-corrected chi connectivity index (χ0v) is 34.8. The average Bonchev–Trinajstić information content (AvgIpc) is 3.21. The molecule has 56 heavy (non-hydrogen) atoms. The normalized spacial score (nSPS) is 11.3. The summed E-state index contributed by atoms with van der Waals surface area (Å²) in [4.78, 5) is 12.5. The SMILES string of the molecule is CCO/C([O-])=C/[P+](c1ccccc1)(c1ccccc1)c1ccccc1.CCOC(=O)[CH-][P+](c1ccccc1)(c1ccccc1)c1ccccc1.[Ag+].[O-][Cl+3]([O-])([O-])[O-]. The van der Waals surface area contributed by atoms with Crippen LogP contribution in [0.5, 0.6) is 0 Å². The molecule has 6 rings (SSSR count). The number of halogens is 1. The van der Waals surface area contributed by atoms with Gasteiger partial charge < -0.3 is 14.6 Å². The maximum Gasteiger partial charge on any atom is 1.00 e. The predicted molar refractivity (Wildman–Crippen MR) is 211 cm³/mol. The van der Waals surface area contributed by atoms with Crippen LogP contribution in [0.25, 0.3) is 0 Å². The molecule has 6 aromatic rings. The van der Waals surface area contributed by atoms with Gasteiger partial charge in [0.2, 0.25) is 5.97 Å². The van der Waals surface area contributed by atoms with Crippen LogP contribution >= 0.6 is 14.5 Å². The van der Waals surface area contributed by atoms with Gasteiger partial charge in [0.25, 0.3) is 0 Å². The summed E-state index contributed by atoms with van der Waals surface area (Å²) in [6, 6.07) is 61.5. The van der Waals surface area contributed by atoms with E-state index in [9.17, 15) is 9.90 Å². The Labute approximate surface area is 348 Å². The second-order valence-corrected chi connectivity index (χ2v) is 18.9. The van der Waals surface area contributed by atoms with E-state index in [0.717, 1.165) is 31.8 Å². The number of ether oxygens (including phenoxy) is 2. The van der Waals surface area contributed by atoms with Gasteiger partial charge in [-0.3, -0.25) is 4.79 Å². The molecule has 0 unspecified atom stereocenters. The Hall–Kier alpha value is -4.27. The fourth-order valence-electron chi connectivity index (χ4n) is 6.00. The van der Waals surface area contributed by atoms with Crippen molar-refractivity contribution in [3.8, 4) is 0 Å². The smallest absolute Gasteiger partial charge is 0.611 e. The van der Waals surface area contributed by atoms with E-state index in [-0.39, 0.29) is 34.3 Å². The number of hydrogen-bond donors (Lipinski definition) is 0. The molecule has 294 valence electrons. The summed E-state index contributed by atoms with van der Waals surface area (Å²) in [5, 5.41) is 19.4. The Bertz CT molecular complexity index is 1820. The molecule has 0 bridgehead atoms. The summed E-state index contributed by atoms with van der Waals surface area (Å²) in [6.07, 6.45) is 1.80. The van der Waals surface area contributed by atoms with Crippen molar-refractivity contribution in [3.05, 3.63) is 200 Å². The molecule has 0 amide bonds. The van der Waals surface area contributed by atoms with Gasteiger partial charge in [0.05, 0.1) is 34.3 Å². The first kappa shape index (κ1) is 46.1. The Morgan fingerprint density at radius 2 is 0.768 bits per heavy atom. The minimum absolute atomic E-state index is 0. The average molecular weight is 904 g/mol. The van der Waals surface area contributed by atoms with Crippen molar-refractivity contribution in [1.82, 2.24) is 0 Å². The molecular weight excluding hydrogens is 862 g/mol. The van der Waals surface area contributed by atoms with Gasteiger partial charge in [-0.2, -0.15) is 0 Å². The minimum Gasteiger partial charge on any atom is -0.611 e. The molecule has 0 aromatic heterocycles. The van der Waals surface area contributed by atoms with Crippen LogP contribution in [0.2, 0.25) is 0 Å². The quantitative estimate of drug-likeness (QED) is 0.0597. The first-order chi connectivity index (χ1) is 26.5. The van der Waals surface area contributed by atoms with Gasteiger partial charge in [-0.1, -0.05) is 116 Å². The molecule has 0 aliphatic heterocycles. The van der Waals surface area contributed by atoms with Gasteiger partial charge in [-0.05, 0) is 86.3 Å². The monoisotopic (exact) mass is 902 g/mol. The van der Waals surface area contributed by atoms with Crippen molar-refractivity contribution in [3.63, 3.8) is 0 Å². The molecule has 0 aliphatic carbocycles. The van der Waals surface area contributed by atoms with E-state index in [4.69, 9.17) is 28.1 Å². The maximum absolute atomic E-state index is 12.5. The van der Waals surface area contributed by atoms with Crippen LogP contribution in [0.4, 0.5) is 0 Å². The molecule has 12 heteroatoms. The molecule has 0 spiro atoms. The van der Waals surface area contributed by atoms with Crippen LogP contribution in [0, 0.1) is 16.4 Å². The Morgan fingerprint density at radius 1 is 0.518 bits per heavy atom. The second kappa shape index (κ2) is 23.1. The van der Waals surface area contributed by atoms with Crippen molar-refractivity contribution in [2.45, 2.75) is 13.8 Å². The summed E-state index contributed by atoms with van der Waals surface area (Å²) < 4.78 is 44.6. The van der Waals surface area contributed by atoms with E-state index in [1.54, 1.807) is 12.0 Å². The number of rotatable bonds is 12. The summed E-state index contributed by atoms with van der Waals surface area (Å²) in [7, 11) is -9.42. The van der Waals surface area contributed by atoms with Crippen LogP contribution in [0.1, 0.15) is 13.8 Å². The second-order valence-electron chi connectivity index (χ2n) is 11.6. The van der Waals surface area contributed by atoms with Crippen LogP contribution in [0.3, 0.4) is 0 Å². The van der Waals surface area contributed by atoms with E-state index in [0.29, 0.717) is 13.2 Å². The maximum atomic E-state index is 12.5. The fourth-order valence-corrected chi connectivity index (χ4v) is 13.3. The summed E-state index contributed by atoms with van der Waals surface area (Å²) in [5.74, 6) is 1.26. The molecule has 0 radical (unpaired) electrons. The largest absolute Gasteiger partial charge is 1.00 e. The topological polar surface area (TPSA) is 151 Å². The van der Waals surface area contributed by atoms with Crippen molar-refractivity contribution in [2.75, 3.05) is 13.2 Å².